The predicted octanol–water partition coefficient (Wildman–Crippen LogP) is 5.70. The number of carbonyl (C=O) groups is 1. The van der Waals surface area contributed by atoms with E-state index in [-0.39, 0.29) is 23.4 Å². The number of halogens is 3. The van der Waals surface area contributed by atoms with Crippen molar-refractivity contribution in [1.29, 1.82) is 0 Å². The Morgan fingerprint density at radius 1 is 1.10 bits per heavy atom. The SMILES string of the molecule is CCn1cc(-c2cc(Cn3cnc(C)c3)cc3c2CCN(C(c2cc(OC)ccn2)C2CC2)C3=O)c(C(F)(F)F)n1. The van der Waals surface area contributed by atoms with Crippen LogP contribution in [-0.2, 0) is 25.7 Å². The number of imidazole rings is 1. The Kier molecular flexibility index (Phi) is 6.83. The quantitative estimate of drug-likeness (QED) is 0.275. The van der Waals surface area contributed by atoms with Crippen LogP contribution >= 0.6 is 0 Å². The van der Waals surface area contributed by atoms with Crippen LogP contribution in [0, 0.1) is 12.8 Å². The molecule has 4 aromatic rings. The molecule has 214 valence electrons. The third-order valence-electron chi connectivity index (χ3n) is 7.87. The minimum Gasteiger partial charge on any atom is -0.497 e. The van der Waals surface area contributed by atoms with Crippen LogP contribution < -0.4 is 4.74 Å². The molecule has 2 aliphatic rings. The Labute approximate surface area is 235 Å². The molecule has 1 aliphatic heterocycles. The lowest BCUT2D eigenvalue weighted by Gasteiger charge is -2.36. The van der Waals surface area contributed by atoms with Crippen molar-refractivity contribution in [3.8, 4) is 16.9 Å². The maximum Gasteiger partial charge on any atom is 0.435 e. The zero-order valence-electron chi connectivity index (χ0n) is 23.1. The van der Waals surface area contributed by atoms with Crippen molar-refractivity contribution in [2.24, 2.45) is 5.92 Å². The number of rotatable bonds is 8. The third kappa shape index (κ3) is 5.20. The van der Waals surface area contributed by atoms with E-state index in [0.29, 0.717) is 54.1 Å². The van der Waals surface area contributed by atoms with Gasteiger partial charge in [-0.3, -0.25) is 14.5 Å². The first kappa shape index (κ1) is 27.0. The van der Waals surface area contributed by atoms with Gasteiger partial charge in [0.25, 0.3) is 5.91 Å². The Hall–Kier alpha value is -4.15. The predicted molar refractivity (Wildman–Crippen MR) is 145 cm³/mol. The number of alkyl halides is 3. The van der Waals surface area contributed by atoms with Gasteiger partial charge in [0.1, 0.15) is 5.75 Å². The molecule has 0 bridgehead atoms. The van der Waals surface area contributed by atoms with Gasteiger partial charge in [0, 0.05) is 55.4 Å². The van der Waals surface area contributed by atoms with Crippen LogP contribution in [0.2, 0.25) is 0 Å². The van der Waals surface area contributed by atoms with E-state index in [2.05, 4.69) is 15.1 Å². The molecule has 1 aliphatic carbocycles. The molecule has 4 heterocycles. The van der Waals surface area contributed by atoms with E-state index in [1.54, 1.807) is 38.7 Å². The van der Waals surface area contributed by atoms with E-state index in [9.17, 15) is 18.0 Å². The second-order valence-corrected chi connectivity index (χ2v) is 10.8. The summed E-state index contributed by atoms with van der Waals surface area (Å²) in [7, 11) is 1.59. The monoisotopic (exact) mass is 564 g/mol. The van der Waals surface area contributed by atoms with Gasteiger partial charge < -0.3 is 14.2 Å². The van der Waals surface area contributed by atoms with Crippen LogP contribution in [0.3, 0.4) is 0 Å². The molecular formula is C30H31F3N6O2. The largest absolute Gasteiger partial charge is 0.497 e. The Balaban J connectivity index is 1.48. The second-order valence-electron chi connectivity index (χ2n) is 10.8. The van der Waals surface area contributed by atoms with E-state index in [1.165, 1.54) is 10.9 Å². The molecule has 1 saturated carbocycles. The summed E-state index contributed by atoms with van der Waals surface area (Å²) >= 11 is 0. The van der Waals surface area contributed by atoms with Crippen molar-refractivity contribution < 1.29 is 22.7 Å². The van der Waals surface area contributed by atoms with Crippen molar-refractivity contribution in [3.63, 3.8) is 0 Å². The molecule has 0 radical (unpaired) electrons. The van der Waals surface area contributed by atoms with E-state index in [1.807, 2.05) is 34.7 Å². The highest BCUT2D eigenvalue weighted by molar-refractivity contribution is 5.99. The molecule has 3 aromatic heterocycles. The maximum absolute atomic E-state index is 14.3. The number of hydrogen-bond acceptors (Lipinski definition) is 5. The highest BCUT2D eigenvalue weighted by Crippen LogP contribution is 2.47. The van der Waals surface area contributed by atoms with E-state index in [4.69, 9.17) is 4.74 Å². The van der Waals surface area contributed by atoms with Crippen LogP contribution in [0.25, 0.3) is 11.1 Å². The highest BCUT2D eigenvalue weighted by atomic mass is 19.4. The fraction of sp³-hybridized carbons (Fsp3) is 0.400. The van der Waals surface area contributed by atoms with Gasteiger partial charge in [0.05, 0.1) is 30.9 Å². The van der Waals surface area contributed by atoms with E-state index >= 15 is 0 Å². The molecule has 0 saturated heterocycles. The molecule has 6 rings (SSSR count). The number of benzene rings is 1. The lowest BCUT2D eigenvalue weighted by atomic mass is 9.87. The summed E-state index contributed by atoms with van der Waals surface area (Å²) in [4.78, 5) is 25.0. The minimum atomic E-state index is -4.64. The van der Waals surface area contributed by atoms with Crippen molar-refractivity contribution >= 4 is 5.91 Å². The van der Waals surface area contributed by atoms with E-state index < -0.39 is 11.9 Å². The van der Waals surface area contributed by atoms with Gasteiger partial charge in [-0.05, 0) is 73.9 Å². The first-order chi connectivity index (χ1) is 19.7. The molecule has 1 fully saturated rings. The maximum atomic E-state index is 14.3. The zero-order chi connectivity index (χ0) is 28.9. The number of aromatic nitrogens is 5. The van der Waals surface area contributed by atoms with Gasteiger partial charge in [-0.1, -0.05) is 0 Å². The minimum absolute atomic E-state index is 0.00582. The number of aryl methyl sites for hydroxylation is 2. The molecule has 1 aromatic carbocycles. The molecular weight excluding hydrogens is 533 g/mol. The third-order valence-corrected chi connectivity index (χ3v) is 7.87. The van der Waals surface area contributed by atoms with Gasteiger partial charge in [-0.25, -0.2) is 4.98 Å². The number of pyridine rings is 1. The van der Waals surface area contributed by atoms with Gasteiger partial charge >= 0.3 is 6.18 Å². The van der Waals surface area contributed by atoms with Crippen LogP contribution in [-0.4, -0.2) is 48.8 Å². The van der Waals surface area contributed by atoms with Crippen molar-refractivity contribution in [1.82, 2.24) is 29.2 Å². The number of nitrogens with zero attached hydrogens (tertiary/aromatic N) is 6. The molecule has 1 atom stereocenters. The average molecular weight is 565 g/mol. The molecule has 11 heteroatoms. The van der Waals surface area contributed by atoms with Gasteiger partial charge in [0.15, 0.2) is 5.69 Å². The Morgan fingerprint density at radius 3 is 2.54 bits per heavy atom. The fourth-order valence-electron chi connectivity index (χ4n) is 5.82. The van der Waals surface area contributed by atoms with Crippen LogP contribution in [0.15, 0.2) is 49.2 Å². The molecule has 8 nitrogen and oxygen atoms in total. The average Bonchev–Trinajstić information content (AvgIpc) is 3.53. The molecule has 0 spiro atoms. The topological polar surface area (TPSA) is 78.1 Å². The lowest BCUT2D eigenvalue weighted by molar-refractivity contribution is -0.141. The van der Waals surface area contributed by atoms with Gasteiger partial charge in [-0.15, -0.1) is 0 Å². The first-order valence-corrected chi connectivity index (χ1v) is 13.8. The van der Waals surface area contributed by atoms with Crippen LogP contribution in [0.1, 0.15) is 64.4 Å². The lowest BCUT2D eigenvalue weighted by Crippen LogP contribution is -2.41. The summed E-state index contributed by atoms with van der Waals surface area (Å²) in [5.74, 6) is 0.740. The normalized spacial score (nSPS) is 16.1. The summed E-state index contributed by atoms with van der Waals surface area (Å²) < 4.78 is 51.1. The summed E-state index contributed by atoms with van der Waals surface area (Å²) in [6.45, 7) is 4.65. The zero-order valence-corrected chi connectivity index (χ0v) is 23.1. The van der Waals surface area contributed by atoms with Crippen LogP contribution in [0.4, 0.5) is 13.2 Å². The number of amides is 1. The number of fused-ring (bicyclic) bond motifs is 1. The number of hydrogen-bond donors (Lipinski definition) is 0. The Bertz CT molecular complexity index is 1600. The molecule has 1 amide bonds. The highest BCUT2D eigenvalue weighted by Gasteiger charge is 2.43. The Morgan fingerprint density at radius 2 is 1.88 bits per heavy atom. The van der Waals surface area contributed by atoms with E-state index in [0.717, 1.165) is 24.2 Å². The van der Waals surface area contributed by atoms with Crippen molar-refractivity contribution in [2.45, 2.75) is 58.4 Å². The van der Waals surface area contributed by atoms with Crippen molar-refractivity contribution in [2.75, 3.05) is 13.7 Å². The number of ether oxygens (including phenoxy) is 1. The van der Waals surface area contributed by atoms with Crippen LogP contribution in [0.5, 0.6) is 5.75 Å². The summed E-state index contributed by atoms with van der Waals surface area (Å²) in [6.07, 6.45) is 4.40. The summed E-state index contributed by atoms with van der Waals surface area (Å²) in [6, 6.07) is 6.99. The van der Waals surface area contributed by atoms with Crippen molar-refractivity contribution in [3.05, 3.63) is 83.0 Å². The summed E-state index contributed by atoms with van der Waals surface area (Å²) in [5.41, 5.74) is 2.79. The number of methoxy groups -OCH3 is 1. The van der Waals surface area contributed by atoms with Gasteiger partial charge in [-0.2, -0.15) is 18.3 Å². The van der Waals surface area contributed by atoms with Gasteiger partial charge in [0.2, 0.25) is 0 Å². The molecule has 1 unspecified atom stereocenters. The number of carbonyl (C=O) groups excluding carboxylic acids is 1. The fourth-order valence-corrected chi connectivity index (χ4v) is 5.82. The summed E-state index contributed by atoms with van der Waals surface area (Å²) in [5, 5.41) is 3.85. The first-order valence-electron chi connectivity index (χ1n) is 13.8. The molecule has 41 heavy (non-hydrogen) atoms. The second kappa shape index (κ2) is 10.4. The standard InChI is InChI=1S/C30H31F3N6O2/c1-4-38-16-25(28(36-38)30(31,32)33)23-11-19(15-37-14-18(2)35-17-37)12-24-22(23)8-10-39(29(24)40)27(20-5-6-20)26-13-21(41-3)7-9-34-26/h7,9,11-14,16-17,20,27H,4-6,8,10,15H2,1-3H3. The smallest absolute Gasteiger partial charge is 0.435 e. The molecule has 0 N–H and O–H groups in total.